The average Bonchev–Trinajstić information content (AvgIpc) is 3.22. The number of hydrogen-bond donors (Lipinski definition) is 1. The van der Waals surface area contributed by atoms with E-state index in [1.54, 1.807) is 7.11 Å². The van der Waals surface area contributed by atoms with E-state index < -0.39 is 5.91 Å². The summed E-state index contributed by atoms with van der Waals surface area (Å²) in [7, 11) is 1.59. The number of anilines is 1. The molecule has 0 aliphatic carbocycles. The van der Waals surface area contributed by atoms with Crippen molar-refractivity contribution in [1.82, 2.24) is 9.47 Å². The molecule has 0 unspecified atom stereocenters. The quantitative estimate of drug-likeness (QED) is 0.480. The Hall–Kier alpha value is -2.99. The molecule has 0 radical (unpaired) electrons. The van der Waals surface area contributed by atoms with Crippen molar-refractivity contribution in [1.29, 1.82) is 0 Å². The van der Waals surface area contributed by atoms with E-state index in [2.05, 4.69) is 64.6 Å². The molecule has 2 heterocycles. The van der Waals surface area contributed by atoms with Gasteiger partial charge in [0.05, 0.1) is 18.2 Å². The van der Waals surface area contributed by atoms with Crippen LogP contribution in [0.1, 0.15) is 42.6 Å². The van der Waals surface area contributed by atoms with Gasteiger partial charge in [-0.2, -0.15) is 0 Å². The highest BCUT2D eigenvalue weighted by atomic mass is 16.5. The highest BCUT2D eigenvalue weighted by Crippen LogP contribution is 2.34. The summed E-state index contributed by atoms with van der Waals surface area (Å²) in [6.07, 6.45) is 3.52. The number of ether oxygens (including phenoxy) is 1. The number of carbonyl (C=O) groups excluding carboxylic acids is 1. The minimum absolute atomic E-state index is 0.434. The summed E-state index contributed by atoms with van der Waals surface area (Å²) in [5.74, 6) is 2.02. The number of rotatable bonds is 10. The second-order valence-electron chi connectivity index (χ2n) is 9.28. The number of primary amides is 1. The SMILES string of the molecule is CCN(CC)CCn1c(N2CCC(Cc3ccccc3)CC2)cc2cc(C(N)=O)c(OC)cc21. The average molecular weight is 463 g/mol. The number of aromatic nitrogens is 1. The summed E-state index contributed by atoms with van der Waals surface area (Å²) in [5.41, 5.74) is 8.60. The minimum atomic E-state index is -0.460. The number of carbonyl (C=O) groups is 1. The smallest absolute Gasteiger partial charge is 0.252 e. The van der Waals surface area contributed by atoms with Crippen molar-refractivity contribution in [3.63, 3.8) is 0 Å². The largest absolute Gasteiger partial charge is 0.496 e. The van der Waals surface area contributed by atoms with Gasteiger partial charge in [-0.15, -0.1) is 0 Å². The number of methoxy groups -OCH3 is 1. The molecule has 4 rings (SSSR count). The summed E-state index contributed by atoms with van der Waals surface area (Å²) in [6, 6.07) is 16.9. The van der Waals surface area contributed by atoms with Crippen molar-refractivity contribution in [3.05, 3.63) is 59.7 Å². The molecule has 0 bridgehead atoms. The van der Waals surface area contributed by atoms with Crippen LogP contribution in [0.15, 0.2) is 48.5 Å². The normalized spacial score (nSPS) is 14.8. The second-order valence-corrected chi connectivity index (χ2v) is 9.28. The van der Waals surface area contributed by atoms with Crippen molar-refractivity contribution in [2.45, 2.75) is 39.7 Å². The Balaban J connectivity index is 1.61. The van der Waals surface area contributed by atoms with Crippen molar-refractivity contribution < 1.29 is 9.53 Å². The summed E-state index contributed by atoms with van der Waals surface area (Å²) in [4.78, 5) is 17.0. The van der Waals surface area contributed by atoms with Crippen LogP contribution in [-0.2, 0) is 13.0 Å². The Bertz CT molecular complexity index is 1100. The monoisotopic (exact) mass is 462 g/mol. The second kappa shape index (κ2) is 11.0. The summed E-state index contributed by atoms with van der Waals surface area (Å²) in [6.45, 7) is 10.4. The molecule has 1 fully saturated rings. The highest BCUT2D eigenvalue weighted by molar-refractivity contribution is 6.01. The molecule has 6 nitrogen and oxygen atoms in total. The van der Waals surface area contributed by atoms with Crippen molar-refractivity contribution >= 4 is 22.6 Å². The van der Waals surface area contributed by atoms with Gasteiger partial charge in [0.15, 0.2) is 0 Å². The number of nitrogens with zero attached hydrogens (tertiary/aromatic N) is 3. The Morgan fingerprint density at radius 3 is 2.41 bits per heavy atom. The van der Waals surface area contributed by atoms with E-state index in [0.29, 0.717) is 17.2 Å². The van der Waals surface area contributed by atoms with E-state index >= 15 is 0 Å². The lowest BCUT2D eigenvalue weighted by Crippen LogP contribution is -2.36. The van der Waals surface area contributed by atoms with Gasteiger partial charge in [-0.1, -0.05) is 44.2 Å². The third-order valence-corrected chi connectivity index (χ3v) is 7.31. The molecule has 1 amide bonds. The van der Waals surface area contributed by atoms with Crippen molar-refractivity contribution in [3.8, 4) is 5.75 Å². The fourth-order valence-electron chi connectivity index (χ4n) is 5.23. The number of fused-ring (bicyclic) bond motifs is 1. The van der Waals surface area contributed by atoms with Crippen LogP contribution >= 0.6 is 0 Å². The van der Waals surface area contributed by atoms with Gasteiger partial charge in [-0.3, -0.25) is 4.79 Å². The number of nitrogens with two attached hydrogens (primary N) is 1. The lowest BCUT2D eigenvalue weighted by atomic mass is 9.90. The third kappa shape index (κ3) is 5.22. The van der Waals surface area contributed by atoms with Gasteiger partial charge in [0.1, 0.15) is 11.6 Å². The summed E-state index contributed by atoms with van der Waals surface area (Å²) < 4.78 is 7.93. The van der Waals surface area contributed by atoms with Gasteiger partial charge in [0.25, 0.3) is 5.91 Å². The topological polar surface area (TPSA) is 63.7 Å². The number of hydrogen-bond acceptors (Lipinski definition) is 4. The zero-order valence-electron chi connectivity index (χ0n) is 20.8. The molecular weight excluding hydrogens is 424 g/mol. The maximum Gasteiger partial charge on any atom is 0.252 e. The van der Waals surface area contributed by atoms with E-state index in [1.165, 1.54) is 24.2 Å². The molecule has 0 atom stereocenters. The zero-order chi connectivity index (χ0) is 24.1. The lowest BCUT2D eigenvalue weighted by molar-refractivity contribution is 0.0997. The molecule has 1 aliphatic rings. The van der Waals surface area contributed by atoms with Crippen LogP contribution in [0.5, 0.6) is 5.75 Å². The first kappa shape index (κ1) is 24.1. The molecule has 1 aromatic heterocycles. The van der Waals surface area contributed by atoms with Crippen LogP contribution in [-0.4, -0.2) is 55.2 Å². The van der Waals surface area contributed by atoms with E-state index in [4.69, 9.17) is 10.5 Å². The molecule has 34 heavy (non-hydrogen) atoms. The van der Waals surface area contributed by atoms with Crippen LogP contribution in [0.4, 0.5) is 5.82 Å². The van der Waals surface area contributed by atoms with Crippen LogP contribution in [0.3, 0.4) is 0 Å². The lowest BCUT2D eigenvalue weighted by Gasteiger charge is -2.34. The maximum absolute atomic E-state index is 12.0. The number of amides is 1. The summed E-state index contributed by atoms with van der Waals surface area (Å²) in [5, 5.41) is 1.04. The first-order chi connectivity index (χ1) is 16.5. The van der Waals surface area contributed by atoms with Crippen LogP contribution in [0.25, 0.3) is 10.9 Å². The Morgan fingerprint density at radius 1 is 1.09 bits per heavy atom. The van der Waals surface area contributed by atoms with Crippen LogP contribution in [0, 0.1) is 5.92 Å². The molecule has 6 heteroatoms. The van der Waals surface area contributed by atoms with E-state index in [0.717, 1.165) is 56.6 Å². The molecule has 0 saturated carbocycles. The van der Waals surface area contributed by atoms with Gasteiger partial charge in [0.2, 0.25) is 0 Å². The third-order valence-electron chi connectivity index (χ3n) is 7.31. The van der Waals surface area contributed by atoms with E-state index in [1.807, 2.05) is 12.1 Å². The molecule has 2 N–H and O–H groups in total. The molecular formula is C28H38N4O2. The Labute approximate surface area is 203 Å². The first-order valence-corrected chi connectivity index (χ1v) is 12.6. The Kier molecular flexibility index (Phi) is 7.78. The van der Waals surface area contributed by atoms with Crippen LogP contribution in [0.2, 0.25) is 0 Å². The van der Waals surface area contributed by atoms with E-state index in [9.17, 15) is 4.79 Å². The fourth-order valence-corrected chi connectivity index (χ4v) is 5.23. The molecule has 2 aromatic carbocycles. The van der Waals surface area contributed by atoms with Crippen molar-refractivity contribution in [2.75, 3.05) is 44.7 Å². The van der Waals surface area contributed by atoms with Gasteiger partial charge in [-0.25, -0.2) is 0 Å². The predicted octanol–water partition coefficient (Wildman–Crippen LogP) is 4.55. The van der Waals surface area contributed by atoms with Gasteiger partial charge in [-0.05, 0) is 56.0 Å². The molecule has 182 valence electrons. The zero-order valence-corrected chi connectivity index (χ0v) is 20.8. The van der Waals surface area contributed by atoms with E-state index in [-0.39, 0.29) is 0 Å². The maximum atomic E-state index is 12.0. The predicted molar refractivity (Wildman–Crippen MR) is 140 cm³/mol. The van der Waals surface area contributed by atoms with Crippen molar-refractivity contribution in [2.24, 2.45) is 11.7 Å². The fraction of sp³-hybridized carbons (Fsp3) is 0.464. The standard InChI is InChI=1S/C28H38N4O2/c1-4-30(5-2)15-16-32-25-20-26(34-3)24(28(29)33)18-23(25)19-27(32)31-13-11-22(12-14-31)17-21-9-7-6-8-10-21/h6-10,18-20,22H,4-5,11-17H2,1-3H3,(H2,29,33). The van der Waals surface area contributed by atoms with Crippen LogP contribution < -0.4 is 15.4 Å². The highest BCUT2D eigenvalue weighted by Gasteiger charge is 2.24. The number of piperidine rings is 1. The molecule has 1 aliphatic heterocycles. The molecule has 0 spiro atoms. The number of likely N-dealkylation sites (N-methyl/N-ethyl adjacent to an activating group) is 1. The first-order valence-electron chi connectivity index (χ1n) is 12.6. The number of benzene rings is 2. The summed E-state index contributed by atoms with van der Waals surface area (Å²) >= 11 is 0. The molecule has 1 saturated heterocycles. The van der Waals surface area contributed by atoms with Gasteiger partial charge >= 0.3 is 0 Å². The minimum Gasteiger partial charge on any atom is -0.496 e. The van der Waals surface area contributed by atoms with Gasteiger partial charge in [0, 0.05) is 37.6 Å². The molecule has 3 aromatic rings. The Morgan fingerprint density at radius 2 is 1.79 bits per heavy atom. The van der Waals surface area contributed by atoms with Gasteiger partial charge < -0.3 is 24.8 Å².